The van der Waals surface area contributed by atoms with E-state index in [0.29, 0.717) is 0 Å². The van der Waals surface area contributed by atoms with Crippen molar-refractivity contribution >= 4 is 11.3 Å². The highest BCUT2D eigenvalue weighted by Gasteiger charge is 2.25. The fourth-order valence-corrected chi connectivity index (χ4v) is 3.70. The second kappa shape index (κ2) is 7.61. The zero-order valence-corrected chi connectivity index (χ0v) is 14.2. The van der Waals surface area contributed by atoms with Gasteiger partial charge in [-0.2, -0.15) is 5.10 Å². The van der Waals surface area contributed by atoms with Gasteiger partial charge in [-0.05, 0) is 36.4 Å². The first-order valence-corrected chi connectivity index (χ1v) is 8.54. The molecule has 1 N–H and O–H groups in total. The van der Waals surface area contributed by atoms with Gasteiger partial charge < -0.3 is 10.1 Å². The van der Waals surface area contributed by atoms with Crippen molar-refractivity contribution in [2.24, 2.45) is 0 Å². The lowest BCUT2D eigenvalue weighted by Crippen LogP contribution is -2.25. The fraction of sp³-hybridized carbons (Fsp3) is 0.562. The van der Waals surface area contributed by atoms with Gasteiger partial charge in [0.15, 0.2) is 5.75 Å². The molecule has 0 saturated carbocycles. The largest absolute Gasteiger partial charge is 0.493 e. The van der Waals surface area contributed by atoms with E-state index in [-0.39, 0.29) is 6.04 Å². The van der Waals surface area contributed by atoms with Crippen molar-refractivity contribution < 1.29 is 4.74 Å². The summed E-state index contributed by atoms with van der Waals surface area (Å²) in [5.74, 6) is 0.866. The van der Waals surface area contributed by atoms with E-state index >= 15 is 0 Å². The summed E-state index contributed by atoms with van der Waals surface area (Å²) >= 11 is 1.81. The summed E-state index contributed by atoms with van der Waals surface area (Å²) in [5.41, 5.74) is 2.54. The molecule has 1 unspecified atom stereocenters. The Hall–Kier alpha value is -1.33. The van der Waals surface area contributed by atoms with Crippen molar-refractivity contribution in [2.75, 3.05) is 13.7 Å². The summed E-state index contributed by atoms with van der Waals surface area (Å²) in [6.07, 6.45) is 3.93. The number of nitrogens with zero attached hydrogens (tertiary/aromatic N) is 2. The molecule has 0 saturated heterocycles. The van der Waals surface area contributed by atoms with Crippen LogP contribution in [0.3, 0.4) is 0 Å². The highest BCUT2D eigenvalue weighted by atomic mass is 32.1. The number of methoxy groups -OCH3 is 1. The zero-order valence-electron chi connectivity index (χ0n) is 13.3. The van der Waals surface area contributed by atoms with Crippen molar-refractivity contribution in [1.29, 1.82) is 0 Å². The number of aryl methyl sites for hydroxylation is 2. The maximum absolute atomic E-state index is 5.55. The van der Waals surface area contributed by atoms with Crippen LogP contribution in [0.2, 0.25) is 0 Å². The number of hydrogen-bond acceptors (Lipinski definition) is 4. The smallest absolute Gasteiger partial charge is 0.161 e. The summed E-state index contributed by atoms with van der Waals surface area (Å²) in [6, 6.07) is 2.37. The van der Waals surface area contributed by atoms with E-state index in [9.17, 15) is 0 Å². The van der Waals surface area contributed by atoms with Gasteiger partial charge in [-0.1, -0.05) is 20.8 Å². The molecular formula is C16H25N3OS. The average Bonchev–Trinajstić information content (AvgIpc) is 3.11. The Bertz CT molecular complexity index is 562. The minimum absolute atomic E-state index is 0.147. The minimum atomic E-state index is 0.147. The number of rotatable bonds is 8. The summed E-state index contributed by atoms with van der Waals surface area (Å²) in [5, 5.41) is 10.3. The van der Waals surface area contributed by atoms with Crippen LogP contribution in [0, 0.1) is 0 Å². The van der Waals surface area contributed by atoms with Gasteiger partial charge in [0, 0.05) is 11.4 Å². The molecule has 5 heteroatoms. The molecule has 0 aromatic carbocycles. The van der Waals surface area contributed by atoms with Crippen LogP contribution >= 0.6 is 11.3 Å². The van der Waals surface area contributed by atoms with Crippen molar-refractivity contribution in [2.45, 2.75) is 46.2 Å². The quantitative estimate of drug-likeness (QED) is 0.809. The molecular weight excluding hydrogens is 282 g/mol. The average molecular weight is 307 g/mol. The summed E-state index contributed by atoms with van der Waals surface area (Å²) in [7, 11) is 1.72. The van der Waals surface area contributed by atoms with Gasteiger partial charge in [0.1, 0.15) is 5.69 Å². The van der Waals surface area contributed by atoms with Crippen LogP contribution in [-0.2, 0) is 13.0 Å². The molecule has 0 amide bonds. The fourth-order valence-electron chi connectivity index (χ4n) is 2.63. The van der Waals surface area contributed by atoms with Gasteiger partial charge in [-0.3, -0.25) is 4.68 Å². The molecule has 0 aliphatic heterocycles. The number of hydrogen-bond donors (Lipinski definition) is 1. The number of aromatic nitrogens is 2. The van der Waals surface area contributed by atoms with Crippen LogP contribution in [0.4, 0.5) is 0 Å². The third-order valence-electron chi connectivity index (χ3n) is 3.61. The molecule has 2 rings (SSSR count). The van der Waals surface area contributed by atoms with Gasteiger partial charge in [-0.25, -0.2) is 0 Å². The predicted molar refractivity (Wildman–Crippen MR) is 88.3 cm³/mol. The van der Waals surface area contributed by atoms with Crippen LogP contribution in [-0.4, -0.2) is 23.4 Å². The first-order chi connectivity index (χ1) is 10.3. The van der Waals surface area contributed by atoms with E-state index < -0.39 is 0 Å². The molecule has 2 aromatic heterocycles. The van der Waals surface area contributed by atoms with Crippen LogP contribution in [0.15, 0.2) is 17.6 Å². The van der Waals surface area contributed by atoms with E-state index in [0.717, 1.165) is 37.4 Å². The molecule has 0 aliphatic carbocycles. The molecule has 116 valence electrons. The van der Waals surface area contributed by atoms with Crippen molar-refractivity contribution in [3.63, 3.8) is 0 Å². The summed E-state index contributed by atoms with van der Waals surface area (Å²) in [6.45, 7) is 8.33. The van der Waals surface area contributed by atoms with Crippen LogP contribution < -0.4 is 10.1 Å². The van der Waals surface area contributed by atoms with E-state index in [1.807, 2.05) is 17.5 Å². The SMILES string of the molecule is CCCn1ncc(OC)c1C(NCC)c1sccc1CC. The highest BCUT2D eigenvalue weighted by molar-refractivity contribution is 7.10. The third-order valence-corrected chi connectivity index (χ3v) is 4.63. The molecule has 4 nitrogen and oxygen atoms in total. The van der Waals surface area contributed by atoms with Crippen LogP contribution in [0.1, 0.15) is 49.4 Å². The molecule has 0 fully saturated rings. The third kappa shape index (κ3) is 3.30. The molecule has 2 heterocycles. The van der Waals surface area contributed by atoms with Gasteiger partial charge in [0.25, 0.3) is 0 Å². The Balaban J connectivity index is 2.49. The first kappa shape index (κ1) is 16.0. The minimum Gasteiger partial charge on any atom is -0.493 e. The zero-order chi connectivity index (χ0) is 15.2. The van der Waals surface area contributed by atoms with Gasteiger partial charge in [0.2, 0.25) is 0 Å². The van der Waals surface area contributed by atoms with Gasteiger partial charge in [0.05, 0.1) is 19.3 Å². The van der Waals surface area contributed by atoms with Crippen LogP contribution in [0.25, 0.3) is 0 Å². The molecule has 2 aromatic rings. The van der Waals surface area contributed by atoms with Gasteiger partial charge in [-0.15, -0.1) is 11.3 Å². The maximum atomic E-state index is 5.55. The first-order valence-electron chi connectivity index (χ1n) is 7.66. The highest BCUT2D eigenvalue weighted by Crippen LogP contribution is 2.35. The van der Waals surface area contributed by atoms with Crippen molar-refractivity contribution in [3.8, 4) is 5.75 Å². The standard InChI is InChI=1S/C16H25N3OS/c1-5-9-19-15(13(20-4)11-18-19)14(17-7-3)16-12(6-2)8-10-21-16/h8,10-11,14,17H,5-7,9H2,1-4H3. The summed E-state index contributed by atoms with van der Waals surface area (Å²) < 4.78 is 7.63. The van der Waals surface area contributed by atoms with Crippen molar-refractivity contribution in [1.82, 2.24) is 15.1 Å². The Labute approximate surface area is 131 Å². The van der Waals surface area contributed by atoms with Gasteiger partial charge >= 0.3 is 0 Å². The lowest BCUT2D eigenvalue weighted by Gasteiger charge is -2.21. The molecule has 21 heavy (non-hydrogen) atoms. The normalized spacial score (nSPS) is 12.6. The van der Waals surface area contributed by atoms with E-state index in [4.69, 9.17) is 4.74 Å². The number of ether oxygens (including phenoxy) is 1. The van der Waals surface area contributed by atoms with E-state index in [1.54, 1.807) is 7.11 Å². The molecule has 0 bridgehead atoms. The Morgan fingerprint density at radius 2 is 2.19 bits per heavy atom. The Morgan fingerprint density at radius 1 is 1.38 bits per heavy atom. The lowest BCUT2D eigenvalue weighted by molar-refractivity contribution is 0.399. The second-order valence-corrected chi connectivity index (χ2v) is 5.92. The summed E-state index contributed by atoms with van der Waals surface area (Å²) in [4.78, 5) is 1.37. The number of thiophene rings is 1. The maximum Gasteiger partial charge on any atom is 0.161 e. The molecule has 0 radical (unpaired) electrons. The topological polar surface area (TPSA) is 39.1 Å². The van der Waals surface area contributed by atoms with Crippen molar-refractivity contribution in [3.05, 3.63) is 33.8 Å². The van der Waals surface area contributed by atoms with Crippen LogP contribution in [0.5, 0.6) is 5.75 Å². The lowest BCUT2D eigenvalue weighted by atomic mass is 10.1. The van der Waals surface area contributed by atoms with E-state index in [2.05, 4.69) is 47.3 Å². The molecule has 0 aliphatic rings. The second-order valence-electron chi connectivity index (χ2n) is 4.98. The monoisotopic (exact) mass is 307 g/mol. The van der Waals surface area contributed by atoms with E-state index in [1.165, 1.54) is 10.4 Å². The Kier molecular flexibility index (Phi) is 5.82. The predicted octanol–water partition coefficient (Wildman–Crippen LogP) is 3.62. The molecule has 1 atom stereocenters. The number of nitrogens with one attached hydrogen (secondary N) is 1. The molecule has 0 spiro atoms. The Morgan fingerprint density at radius 3 is 2.81 bits per heavy atom.